The summed E-state index contributed by atoms with van der Waals surface area (Å²) in [6, 6.07) is 16.2. The van der Waals surface area contributed by atoms with Gasteiger partial charge in [-0.15, -0.1) is 0 Å². The lowest BCUT2D eigenvalue weighted by atomic mass is 9.87. The van der Waals surface area contributed by atoms with E-state index in [9.17, 15) is 0 Å². The fourth-order valence-electron chi connectivity index (χ4n) is 2.15. The third-order valence-corrected chi connectivity index (χ3v) is 3.49. The van der Waals surface area contributed by atoms with Crippen LogP contribution >= 0.6 is 0 Å². The first kappa shape index (κ1) is 16.2. The van der Waals surface area contributed by atoms with Crippen LogP contribution in [0.4, 0.5) is 5.69 Å². The predicted octanol–water partition coefficient (Wildman–Crippen LogP) is 4.48. The lowest BCUT2D eigenvalue weighted by molar-refractivity contribution is 0.332. The Hall–Kier alpha value is -2.16. The van der Waals surface area contributed by atoms with E-state index in [0.29, 0.717) is 6.61 Å². The molecular formula is C19H25NO2. The Kier molecular flexibility index (Phi) is 5.31. The van der Waals surface area contributed by atoms with Crippen LogP contribution in [0.25, 0.3) is 0 Å². The molecule has 0 saturated heterocycles. The number of rotatable bonds is 6. The minimum atomic E-state index is 0.173. The minimum absolute atomic E-state index is 0.173. The van der Waals surface area contributed by atoms with Crippen molar-refractivity contribution in [3.05, 3.63) is 54.1 Å². The van der Waals surface area contributed by atoms with Gasteiger partial charge >= 0.3 is 0 Å². The largest absolute Gasteiger partial charge is 0.497 e. The zero-order chi connectivity index (χ0) is 16.0. The number of hydrogen-bond donors (Lipinski definition) is 1. The number of anilines is 1. The summed E-state index contributed by atoms with van der Waals surface area (Å²) in [5.74, 6) is 1.75. The number of nitrogens with one attached hydrogen (secondary N) is 1. The molecule has 0 radical (unpaired) electrons. The van der Waals surface area contributed by atoms with Gasteiger partial charge in [0.2, 0.25) is 0 Å². The molecule has 0 atom stereocenters. The Bertz CT molecular complexity index is 585. The Morgan fingerprint density at radius 1 is 0.955 bits per heavy atom. The van der Waals surface area contributed by atoms with Gasteiger partial charge in [0.25, 0.3) is 0 Å². The lowest BCUT2D eigenvalue weighted by Crippen LogP contribution is -2.12. The molecule has 2 aromatic carbocycles. The van der Waals surface area contributed by atoms with Gasteiger partial charge in [0, 0.05) is 18.3 Å². The van der Waals surface area contributed by atoms with Crippen LogP contribution in [-0.4, -0.2) is 20.3 Å². The van der Waals surface area contributed by atoms with Crippen molar-refractivity contribution in [3.63, 3.8) is 0 Å². The fraction of sp³-hybridized carbons (Fsp3) is 0.368. The van der Waals surface area contributed by atoms with Gasteiger partial charge in [-0.3, -0.25) is 0 Å². The first-order valence-electron chi connectivity index (χ1n) is 7.60. The van der Waals surface area contributed by atoms with Gasteiger partial charge in [0.05, 0.1) is 7.11 Å². The maximum atomic E-state index is 5.76. The predicted molar refractivity (Wildman–Crippen MR) is 92.1 cm³/mol. The average Bonchev–Trinajstić information content (AvgIpc) is 2.51. The van der Waals surface area contributed by atoms with Crippen molar-refractivity contribution in [2.24, 2.45) is 0 Å². The molecule has 2 rings (SSSR count). The highest BCUT2D eigenvalue weighted by atomic mass is 16.5. The summed E-state index contributed by atoms with van der Waals surface area (Å²) in [4.78, 5) is 0. The zero-order valence-electron chi connectivity index (χ0n) is 13.8. The quantitative estimate of drug-likeness (QED) is 0.798. The number of methoxy groups -OCH3 is 1. The lowest BCUT2D eigenvalue weighted by Gasteiger charge is -2.19. The van der Waals surface area contributed by atoms with Crippen LogP contribution < -0.4 is 14.8 Å². The molecule has 0 aliphatic rings. The second kappa shape index (κ2) is 7.21. The summed E-state index contributed by atoms with van der Waals surface area (Å²) in [5.41, 5.74) is 2.52. The van der Waals surface area contributed by atoms with Crippen LogP contribution in [0.1, 0.15) is 26.3 Å². The van der Waals surface area contributed by atoms with Gasteiger partial charge in [0.1, 0.15) is 18.1 Å². The first-order valence-corrected chi connectivity index (χ1v) is 7.60. The maximum Gasteiger partial charge on any atom is 0.120 e. The molecule has 3 nitrogen and oxygen atoms in total. The number of hydrogen-bond acceptors (Lipinski definition) is 3. The second-order valence-corrected chi connectivity index (χ2v) is 6.28. The summed E-state index contributed by atoms with van der Waals surface area (Å²) in [5, 5.41) is 3.32. The molecule has 0 aromatic heterocycles. The van der Waals surface area contributed by atoms with E-state index in [0.717, 1.165) is 23.7 Å². The van der Waals surface area contributed by atoms with Crippen molar-refractivity contribution in [1.29, 1.82) is 0 Å². The molecule has 0 amide bonds. The molecule has 0 heterocycles. The molecule has 0 aliphatic carbocycles. The smallest absolute Gasteiger partial charge is 0.120 e. The third-order valence-electron chi connectivity index (χ3n) is 3.49. The molecule has 1 N–H and O–H groups in total. The molecule has 22 heavy (non-hydrogen) atoms. The molecular weight excluding hydrogens is 274 g/mol. The molecule has 2 aromatic rings. The van der Waals surface area contributed by atoms with Gasteiger partial charge in [-0.1, -0.05) is 39.0 Å². The van der Waals surface area contributed by atoms with Crippen LogP contribution in [0.15, 0.2) is 48.5 Å². The van der Waals surface area contributed by atoms with Crippen molar-refractivity contribution in [2.45, 2.75) is 26.2 Å². The van der Waals surface area contributed by atoms with Crippen molar-refractivity contribution in [2.75, 3.05) is 25.6 Å². The molecule has 0 aliphatic heterocycles. The highest BCUT2D eigenvalue weighted by Crippen LogP contribution is 2.24. The molecule has 0 saturated carbocycles. The van der Waals surface area contributed by atoms with E-state index in [1.165, 1.54) is 5.56 Å². The van der Waals surface area contributed by atoms with Gasteiger partial charge in [-0.2, -0.15) is 0 Å². The monoisotopic (exact) mass is 299 g/mol. The van der Waals surface area contributed by atoms with E-state index in [1.54, 1.807) is 7.11 Å². The molecule has 0 spiro atoms. The SMILES string of the molecule is COc1cccc(NCCOc2ccc(C(C)(C)C)cc2)c1. The van der Waals surface area contributed by atoms with E-state index in [1.807, 2.05) is 36.4 Å². The molecule has 0 bridgehead atoms. The molecule has 118 valence electrons. The van der Waals surface area contributed by atoms with Crippen LogP contribution in [0.5, 0.6) is 11.5 Å². The van der Waals surface area contributed by atoms with E-state index >= 15 is 0 Å². The van der Waals surface area contributed by atoms with Crippen molar-refractivity contribution >= 4 is 5.69 Å². The number of ether oxygens (including phenoxy) is 2. The van der Waals surface area contributed by atoms with E-state index in [-0.39, 0.29) is 5.41 Å². The summed E-state index contributed by atoms with van der Waals surface area (Å²) < 4.78 is 11.0. The van der Waals surface area contributed by atoms with Crippen LogP contribution in [0, 0.1) is 0 Å². The number of benzene rings is 2. The van der Waals surface area contributed by atoms with Gasteiger partial charge in [-0.05, 0) is 35.2 Å². The second-order valence-electron chi connectivity index (χ2n) is 6.28. The van der Waals surface area contributed by atoms with E-state index < -0.39 is 0 Å². The highest BCUT2D eigenvalue weighted by Gasteiger charge is 2.12. The van der Waals surface area contributed by atoms with Crippen molar-refractivity contribution < 1.29 is 9.47 Å². The van der Waals surface area contributed by atoms with E-state index in [2.05, 4.69) is 38.2 Å². The fourth-order valence-corrected chi connectivity index (χ4v) is 2.15. The highest BCUT2D eigenvalue weighted by molar-refractivity contribution is 5.48. The zero-order valence-corrected chi connectivity index (χ0v) is 13.8. The standard InChI is InChI=1S/C19H25NO2/c1-19(2,3)15-8-10-17(11-9-15)22-13-12-20-16-6-5-7-18(14-16)21-4/h5-11,14,20H,12-13H2,1-4H3. The topological polar surface area (TPSA) is 30.5 Å². The molecule has 3 heteroatoms. The normalized spacial score (nSPS) is 11.1. The average molecular weight is 299 g/mol. The first-order chi connectivity index (χ1) is 10.5. The summed E-state index contributed by atoms with van der Waals surface area (Å²) in [7, 11) is 1.67. The third kappa shape index (κ3) is 4.69. The van der Waals surface area contributed by atoms with Crippen molar-refractivity contribution in [3.8, 4) is 11.5 Å². The van der Waals surface area contributed by atoms with Crippen LogP contribution in [-0.2, 0) is 5.41 Å². The summed E-state index contributed by atoms with van der Waals surface area (Å²) in [6.07, 6.45) is 0. The Balaban J connectivity index is 1.79. The van der Waals surface area contributed by atoms with Crippen LogP contribution in [0.3, 0.4) is 0 Å². The van der Waals surface area contributed by atoms with Gasteiger partial charge in [0.15, 0.2) is 0 Å². The van der Waals surface area contributed by atoms with E-state index in [4.69, 9.17) is 9.47 Å². The molecule has 0 fully saturated rings. The van der Waals surface area contributed by atoms with Crippen molar-refractivity contribution in [1.82, 2.24) is 0 Å². The summed E-state index contributed by atoms with van der Waals surface area (Å²) in [6.45, 7) is 7.99. The Morgan fingerprint density at radius 3 is 2.32 bits per heavy atom. The van der Waals surface area contributed by atoms with Gasteiger partial charge < -0.3 is 14.8 Å². The minimum Gasteiger partial charge on any atom is -0.497 e. The maximum absolute atomic E-state index is 5.76. The van der Waals surface area contributed by atoms with Crippen LogP contribution in [0.2, 0.25) is 0 Å². The Labute approximate surface area is 133 Å². The van der Waals surface area contributed by atoms with Gasteiger partial charge in [-0.25, -0.2) is 0 Å². The molecule has 0 unspecified atom stereocenters. The Morgan fingerprint density at radius 2 is 1.68 bits per heavy atom. The summed E-state index contributed by atoms with van der Waals surface area (Å²) >= 11 is 0.